The van der Waals surface area contributed by atoms with Gasteiger partial charge in [0.15, 0.2) is 23.3 Å². The monoisotopic (exact) mass is 1050 g/mol. The SMILES string of the molecule is COc1cc(C(=O)NCCCCCCNC(=O)COc2c([SH]3C=CN=C3N3CCOCC3)ccc(F)c2F)ccc1NC(=O)[C@@H]1N[C@@H](CC(C)(C)C)[C@](C#N)(c2ccc(Cl)cc2F)[C@H]1c1cccc(Cl)c1F. The Balaban J connectivity index is 0.918. The van der Waals surface area contributed by atoms with Crippen LogP contribution in [0.15, 0.2) is 88.2 Å². The van der Waals surface area contributed by atoms with Crippen LogP contribution in [0.2, 0.25) is 10.0 Å². The number of amidine groups is 1. The Kier molecular flexibility index (Phi) is 17.8. The minimum Gasteiger partial charge on any atom is -0.495 e. The Bertz CT molecular complexity index is 2770. The summed E-state index contributed by atoms with van der Waals surface area (Å²) in [6.45, 7) is 8.29. The van der Waals surface area contributed by atoms with Crippen LogP contribution in [-0.4, -0.2) is 93.0 Å². The summed E-state index contributed by atoms with van der Waals surface area (Å²) in [6.07, 6.45) is 4.63. The van der Waals surface area contributed by atoms with Crippen molar-refractivity contribution >= 4 is 62.7 Å². The maximum atomic E-state index is 16.2. The number of carbonyl (C=O) groups is 3. The fraction of sp³-hybridized carbons (Fsp3) is 0.404. The Hall–Kier alpha value is -5.84. The van der Waals surface area contributed by atoms with Gasteiger partial charge in [-0.25, -0.2) is 18.2 Å². The largest absolute Gasteiger partial charge is 0.495 e. The maximum absolute atomic E-state index is 16.2. The number of benzene rings is 4. The van der Waals surface area contributed by atoms with Crippen LogP contribution in [0.5, 0.6) is 11.5 Å². The topological polar surface area (TPSA) is 166 Å². The van der Waals surface area contributed by atoms with Crippen molar-refractivity contribution in [3.63, 3.8) is 0 Å². The zero-order chi connectivity index (χ0) is 51.7. The smallest absolute Gasteiger partial charge is 0.257 e. The summed E-state index contributed by atoms with van der Waals surface area (Å²) in [4.78, 5) is 47.5. The number of thiol groups is 1. The third kappa shape index (κ3) is 12.1. The maximum Gasteiger partial charge on any atom is 0.257 e. The Morgan fingerprint density at radius 2 is 1.68 bits per heavy atom. The predicted molar refractivity (Wildman–Crippen MR) is 271 cm³/mol. The van der Waals surface area contributed by atoms with Crippen LogP contribution >= 0.6 is 34.1 Å². The normalized spacial score (nSPS) is 21.2. The molecule has 2 fully saturated rings. The number of amides is 3. The van der Waals surface area contributed by atoms with E-state index in [0.29, 0.717) is 57.1 Å². The van der Waals surface area contributed by atoms with Crippen LogP contribution in [0.4, 0.5) is 23.2 Å². The fourth-order valence-electron chi connectivity index (χ4n) is 9.36. The summed E-state index contributed by atoms with van der Waals surface area (Å²) in [5.74, 6) is -6.89. The first kappa shape index (κ1) is 53.9. The average molecular weight is 1060 g/mol. The van der Waals surface area contributed by atoms with E-state index in [2.05, 4.69) is 37.2 Å². The van der Waals surface area contributed by atoms with Crippen LogP contribution in [0.1, 0.15) is 80.3 Å². The highest BCUT2D eigenvalue weighted by atomic mass is 35.5. The Morgan fingerprint density at radius 3 is 2.38 bits per heavy atom. The van der Waals surface area contributed by atoms with Gasteiger partial charge in [0.25, 0.3) is 11.8 Å². The Labute approximate surface area is 429 Å². The van der Waals surface area contributed by atoms with E-state index in [1.165, 1.54) is 61.7 Å². The van der Waals surface area contributed by atoms with Crippen molar-refractivity contribution in [1.29, 1.82) is 5.26 Å². The summed E-state index contributed by atoms with van der Waals surface area (Å²) in [5.41, 5.74) is -1.95. The third-order valence-corrected chi connectivity index (χ3v) is 15.4. The molecule has 4 aromatic rings. The minimum atomic E-state index is -1.83. The molecule has 3 aliphatic heterocycles. The molecule has 0 aromatic heterocycles. The third-order valence-electron chi connectivity index (χ3n) is 12.7. The van der Waals surface area contributed by atoms with Gasteiger partial charge in [0.05, 0.1) is 43.1 Å². The van der Waals surface area contributed by atoms with Crippen LogP contribution in [0, 0.1) is 40.0 Å². The number of rotatable bonds is 18. The molecule has 0 spiro atoms. The number of nitriles is 1. The summed E-state index contributed by atoms with van der Waals surface area (Å²) in [6, 6.07) is 15.4. The van der Waals surface area contributed by atoms with E-state index in [0.717, 1.165) is 30.1 Å². The van der Waals surface area contributed by atoms with Crippen molar-refractivity contribution in [2.75, 3.05) is 58.4 Å². The van der Waals surface area contributed by atoms with Gasteiger partial charge in [0, 0.05) is 65.4 Å². The molecule has 1 unspecified atom stereocenters. The quantitative estimate of drug-likeness (QED) is 0.0371. The molecule has 2 saturated heterocycles. The number of anilines is 1. The number of methoxy groups -OCH3 is 1. The fourth-order valence-corrected chi connectivity index (χ4v) is 11.7. The second-order valence-electron chi connectivity index (χ2n) is 18.8. The molecule has 13 nitrogen and oxygen atoms in total. The number of nitrogens with one attached hydrogen (secondary N) is 4. The standard InChI is InChI=1S/C52H57Cl2F4N7O6S/c1-51(2,3)28-41-52(30-59,34-14-13-32(53)27-37(34)56)43(33-10-9-11-35(54)44(33)57)46(64-41)49(68)63-38-16-12-31(26-39(38)69-4)48(67)61-19-8-6-5-7-18-60-42(66)29-71-47-40(17-15-36(55)45(47)58)72-25-20-62-50(72)65-21-23-70-24-22-65/h9-17,20,25-27,41,43,46,64,72H,5-8,18-19,21-24,28-29H2,1-4H3,(H,60,66)(H,61,67)(H,63,68)/t41-,43-,46+,52-/m0/s1. The van der Waals surface area contributed by atoms with E-state index in [4.69, 9.17) is 37.4 Å². The molecule has 4 aromatic carbocycles. The van der Waals surface area contributed by atoms with Gasteiger partial charge >= 0.3 is 0 Å². The zero-order valence-electron chi connectivity index (χ0n) is 40.2. The molecule has 4 N–H and O–H groups in total. The lowest BCUT2D eigenvalue weighted by molar-refractivity contribution is -0.123. The van der Waals surface area contributed by atoms with Gasteiger partial charge < -0.3 is 40.4 Å². The molecular formula is C52H57Cl2F4N7O6S. The van der Waals surface area contributed by atoms with E-state index >= 15 is 13.2 Å². The van der Waals surface area contributed by atoms with Crippen LogP contribution < -0.4 is 30.7 Å². The highest BCUT2D eigenvalue weighted by Gasteiger charge is 2.61. The molecule has 3 aliphatic rings. The van der Waals surface area contributed by atoms with Crippen LogP contribution in [0.25, 0.3) is 0 Å². The summed E-state index contributed by atoms with van der Waals surface area (Å²) in [7, 11) is 0.0926. The first-order valence-corrected chi connectivity index (χ1v) is 25.7. The highest BCUT2D eigenvalue weighted by Crippen LogP contribution is 2.53. The van der Waals surface area contributed by atoms with Gasteiger partial charge in [-0.2, -0.15) is 9.65 Å². The first-order chi connectivity index (χ1) is 34.5. The summed E-state index contributed by atoms with van der Waals surface area (Å²) < 4.78 is 78.3. The van der Waals surface area contributed by atoms with Crippen molar-refractivity contribution in [3.05, 3.63) is 128 Å². The van der Waals surface area contributed by atoms with Gasteiger partial charge in [-0.05, 0) is 84.2 Å². The number of morpholine rings is 1. The number of hydrogen-bond acceptors (Lipinski definition) is 10. The second kappa shape index (κ2) is 23.8. The van der Waals surface area contributed by atoms with Gasteiger partial charge in [0.2, 0.25) is 11.7 Å². The molecule has 20 heteroatoms. The molecule has 7 rings (SSSR count). The number of hydrogen-bond donors (Lipinski definition) is 5. The average Bonchev–Trinajstić information content (AvgIpc) is 3.97. The van der Waals surface area contributed by atoms with E-state index in [1.807, 2.05) is 26.2 Å². The van der Waals surface area contributed by atoms with E-state index < -0.39 is 87.3 Å². The number of nitrogens with zero attached hydrogens (tertiary/aromatic N) is 3. The lowest BCUT2D eigenvalue weighted by Gasteiger charge is -2.37. The molecule has 0 aliphatic carbocycles. The number of halogens is 6. The second-order valence-corrected chi connectivity index (χ2v) is 21.6. The van der Waals surface area contributed by atoms with Gasteiger partial charge in [-0.3, -0.25) is 14.4 Å². The minimum absolute atomic E-state index is 0.0556. The number of aliphatic imine (C=N–C) groups is 1. The number of carbonyl (C=O) groups excluding carboxylic acids is 3. The highest BCUT2D eigenvalue weighted by molar-refractivity contribution is 8.32. The van der Waals surface area contributed by atoms with Gasteiger partial charge in [-0.15, -0.1) is 10.9 Å². The summed E-state index contributed by atoms with van der Waals surface area (Å²) in [5, 5.41) is 25.4. The van der Waals surface area contributed by atoms with E-state index in [9.17, 15) is 24.0 Å². The molecule has 0 bridgehead atoms. The first-order valence-electron chi connectivity index (χ1n) is 23.5. The molecular weight excluding hydrogens is 998 g/mol. The Morgan fingerprint density at radius 1 is 0.944 bits per heavy atom. The van der Waals surface area contributed by atoms with E-state index in [-0.39, 0.29) is 50.3 Å². The number of ether oxygens (including phenoxy) is 3. The van der Waals surface area contributed by atoms with Gasteiger partial charge in [0.1, 0.15) is 22.8 Å². The van der Waals surface area contributed by atoms with E-state index in [1.54, 1.807) is 6.20 Å². The molecule has 0 radical (unpaired) electrons. The molecule has 5 atom stereocenters. The zero-order valence-corrected chi connectivity index (χ0v) is 42.6. The van der Waals surface area contributed by atoms with Crippen molar-refractivity contribution in [2.24, 2.45) is 10.4 Å². The number of unbranched alkanes of at least 4 members (excludes halogenated alkanes) is 3. The van der Waals surface area contributed by atoms with Crippen molar-refractivity contribution in [1.82, 2.24) is 20.9 Å². The van der Waals surface area contributed by atoms with Crippen molar-refractivity contribution in [2.45, 2.75) is 81.2 Å². The lowest BCUT2D eigenvalue weighted by atomic mass is 9.62. The van der Waals surface area contributed by atoms with Crippen LogP contribution in [-0.2, 0) is 19.7 Å². The lowest BCUT2D eigenvalue weighted by Crippen LogP contribution is -2.45. The molecule has 3 heterocycles. The summed E-state index contributed by atoms with van der Waals surface area (Å²) >= 11 is 12.4. The van der Waals surface area contributed by atoms with Gasteiger partial charge in [-0.1, -0.05) is 75.0 Å². The van der Waals surface area contributed by atoms with Crippen LogP contribution in [0.3, 0.4) is 0 Å². The van der Waals surface area contributed by atoms with Crippen molar-refractivity contribution in [3.8, 4) is 17.6 Å². The predicted octanol–water partition coefficient (Wildman–Crippen LogP) is 9.54. The molecule has 0 saturated carbocycles. The molecule has 3 amide bonds. The molecule has 72 heavy (non-hydrogen) atoms. The van der Waals surface area contributed by atoms with Crippen molar-refractivity contribution < 1.29 is 46.2 Å². The molecule has 384 valence electrons.